The number of benzene rings is 1. The van der Waals surface area contributed by atoms with Gasteiger partial charge in [-0.2, -0.15) is 4.31 Å². The Morgan fingerprint density at radius 2 is 1.80 bits per heavy atom. The Bertz CT molecular complexity index is 681. The van der Waals surface area contributed by atoms with E-state index >= 15 is 0 Å². The molecule has 1 aromatic rings. The van der Waals surface area contributed by atoms with Crippen LogP contribution in [-0.2, 0) is 16.6 Å². The Morgan fingerprint density at radius 1 is 1.16 bits per heavy atom. The van der Waals surface area contributed by atoms with E-state index in [1.165, 1.54) is 19.3 Å². The minimum Gasteiger partial charge on any atom is -0.370 e. The van der Waals surface area contributed by atoms with Gasteiger partial charge in [0.05, 0.1) is 11.4 Å². The van der Waals surface area contributed by atoms with E-state index in [0.29, 0.717) is 30.5 Å². The molecule has 1 aromatic carbocycles. The van der Waals surface area contributed by atoms with Crippen LogP contribution in [0.1, 0.15) is 37.7 Å². The molecule has 2 fully saturated rings. The van der Waals surface area contributed by atoms with Gasteiger partial charge >= 0.3 is 0 Å². The van der Waals surface area contributed by atoms with E-state index in [0.717, 1.165) is 30.9 Å². The smallest absolute Gasteiger partial charge is 0.243 e. The third-order valence-corrected chi connectivity index (χ3v) is 6.77. The van der Waals surface area contributed by atoms with Gasteiger partial charge in [-0.15, -0.1) is 24.0 Å². The van der Waals surface area contributed by atoms with Crippen LogP contribution in [-0.4, -0.2) is 38.3 Å². The van der Waals surface area contributed by atoms with Crippen LogP contribution in [0.5, 0.6) is 0 Å². The molecular weight excluding hydrogens is 451 g/mol. The first kappa shape index (κ1) is 20.4. The monoisotopic (exact) mass is 478 g/mol. The van der Waals surface area contributed by atoms with Crippen molar-refractivity contribution in [2.75, 3.05) is 19.6 Å². The summed E-state index contributed by atoms with van der Waals surface area (Å²) in [6.07, 6.45) is 5.74. The maximum Gasteiger partial charge on any atom is 0.243 e. The van der Waals surface area contributed by atoms with E-state index in [1.807, 2.05) is 12.1 Å². The summed E-state index contributed by atoms with van der Waals surface area (Å²) < 4.78 is 26.5. The molecular formula is C17H27IN4O2S. The van der Waals surface area contributed by atoms with Crippen molar-refractivity contribution < 1.29 is 8.42 Å². The van der Waals surface area contributed by atoms with Crippen molar-refractivity contribution in [3.8, 4) is 0 Å². The Labute approximate surface area is 167 Å². The molecule has 0 spiro atoms. The summed E-state index contributed by atoms with van der Waals surface area (Å²) >= 11 is 0. The zero-order valence-electron chi connectivity index (χ0n) is 14.4. The van der Waals surface area contributed by atoms with Crippen molar-refractivity contribution >= 4 is 40.0 Å². The molecule has 1 aliphatic carbocycles. The summed E-state index contributed by atoms with van der Waals surface area (Å²) in [4.78, 5) is 4.67. The lowest BCUT2D eigenvalue weighted by Gasteiger charge is -2.25. The Morgan fingerprint density at radius 3 is 2.36 bits per heavy atom. The number of halogens is 1. The van der Waals surface area contributed by atoms with Gasteiger partial charge in [0.1, 0.15) is 0 Å². The fourth-order valence-electron chi connectivity index (χ4n) is 3.02. The number of hydrogen-bond donors (Lipinski definition) is 2. The largest absolute Gasteiger partial charge is 0.370 e. The zero-order valence-corrected chi connectivity index (χ0v) is 17.5. The third kappa shape index (κ3) is 5.30. The average molecular weight is 478 g/mol. The van der Waals surface area contributed by atoms with E-state index in [1.54, 1.807) is 16.4 Å². The molecule has 1 heterocycles. The molecule has 0 radical (unpaired) electrons. The molecule has 3 N–H and O–H groups in total. The van der Waals surface area contributed by atoms with Gasteiger partial charge in [0, 0.05) is 19.6 Å². The molecule has 0 unspecified atom stereocenters. The highest BCUT2D eigenvalue weighted by Gasteiger charge is 2.26. The number of hydrogen-bond acceptors (Lipinski definition) is 3. The lowest BCUT2D eigenvalue weighted by molar-refractivity contribution is 0.315. The first-order valence-corrected chi connectivity index (χ1v) is 10.1. The Hall–Kier alpha value is -0.870. The van der Waals surface area contributed by atoms with Crippen LogP contribution in [0.2, 0.25) is 0 Å². The minimum atomic E-state index is -3.34. The van der Waals surface area contributed by atoms with Crippen LogP contribution < -0.4 is 11.1 Å². The molecule has 0 amide bonds. The summed E-state index contributed by atoms with van der Waals surface area (Å²) in [5.41, 5.74) is 6.81. The summed E-state index contributed by atoms with van der Waals surface area (Å²) in [6, 6.07) is 6.95. The summed E-state index contributed by atoms with van der Waals surface area (Å²) in [5.74, 6) is 1.18. The molecule has 0 aromatic heterocycles. The van der Waals surface area contributed by atoms with E-state index < -0.39 is 10.0 Å². The number of aliphatic imine (C=N–C) groups is 1. The molecule has 25 heavy (non-hydrogen) atoms. The molecule has 6 nitrogen and oxygen atoms in total. The van der Waals surface area contributed by atoms with Crippen LogP contribution in [0, 0.1) is 5.92 Å². The van der Waals surface area contributed by atoms with Crippen molar-refractivity contribution in [1.82, 2.24) is 9.62 Å². The number of guanidine groups is 1. The number of rotatable bonds is 6. The average Bonchev–Trinajstić information content (AvgIpc) is 3.07. The van der Waals surface area contributed by atoms with Crippen LogP contribution in [0.15, 0.2) is 34.2 Å². The zero-order chi connectivity index (χ0) is 17.0. The summed E-state index contributed by atoms with van der Waals surface area (Å²) in [6.45, 7) is 2.59. The highest BCUT2D eigenvalue weighted by Crippen LogP contribution is 2.25. The first-order valence-electron chi connectivity index (χ1n) is 8.68. The second-order valence-electron chi connectivity index (χ2n) is 6.63. The highest BCUT2D eigenvalue weighted by molar-refractivity contribution is 14.0. The maximum atomic E-state index is 12.5. The fraction of sp³-hybridized carbons (Fsp3) is 0.588. The van der Waals surface area contributed by atoms with Crippen molar-refractivity contribution in [1.29, 1.82) is 0 Å². The third-order valence-electron chi connectivity index (χ3n) is 4.85. The van der Waals surface area contributed by atoms with Crippen LogP contribution >= 0.6 is 24.0 Å². The van der Waals surface area contributed by atoms with Crippen LogP contribution in [0.25, 0.3) is 0 Å². The van der Waals surface area contributed by atoms with Crippen LogP contribution in [0.4, 0.5) is 0 Å². The predicted molar refractivity (Wildman–Crippen MR) is 111 cm³/mol. The Balaban J connectivity index is 0.00000225. The number of sulfonamides is 1. The van der Waals surface area contributed by atoms with Gasteiger partial charge < -0.3 is 11.1 Å². The van der Waals surface area contributed by atoms with Gasteiger partial charge in [0.25, 0.3) is 0 Å². The van der Waals surface area contributed by atoms with E-state index in [4.69, 9.17) is 5.73 Å². The maximum absolute atomic E-state index is 12.5. The van der Waals surface area contributed by atoms with E-state index in [-0.39, 0.29) is 24.0 Å². The molecule has 0 bridgehead atoms. The van der Waals surface area contributed by atoms with Crippen LogP contribution in [0.3, 0.4) is 0 Å². The number of nitrogens with one attached hydrogen (secondary N) is 1. The van der Waals surface area contributed by atoms with Crippen molar-refractivity contribution in [2.24, 2.45) is 16.6 Å². The molecule has 0 atom stereocenters. The van der Waals surface area contributed by atoms with Gasteiger partial charge in [-0.05, 0) is 49.3 Å². The lowest BCUT2D eigenvalue weighted by Crippen LogP contribution is -2.37. The Kier molecular flexibility index (Phi) is 7.51. The van der Waals surface area contributed by atoms with E-state index in [2.05, 4.69) is 10.3 Å². The second kappa shape index (κ2) is 9.18. The number of nitrogens with two attached hydrogens (primary N) is 1. The van der Waals surface area contributed by atoms with Gasteiger partial charge in [0.2, 0.25) is 10.0 Å². The molecule has 1 aliphatic heterocycles. The van der Waals surface area contributed by atoms with Crippen molar-refractivity contribution in [2.45, 2.75) is 43.5 Å². The molecule has 1 saturated heterocycles. The minimum absolute atomic E-state index is 0. The summed E-state index contributed by atoms with van der Waals surface area (Å²) in [7, 11) is -3.34. The highest BCUT2D eigenvalue weighted by atomic mass is 127. The standard InChI is InChI=1S/C17H26N4O2S.HI/c18-17(19-12-14-4-3-5-14)20-13-15-6-8-16(9-7-15)24(22,23)21-10-1-2-11-21;/h6-9,14H,1-5,10-13H2,(H3,18,19,20);1H. The lowest BCUT2D eigenvalue weighted by atomic mass is 9.85. The molecule has 1 saturated carbocycles. The quantitative estimate of drug-likeness (QED) is 0.373. The summed E-state index contributed by atoms with van der Waals surface area (Å²) in [5, 5.41) is 3.15. The SMILES string of the molecule is I.NC(=NCc1ccc(S(=O)(=O)N2CCCC2)cc1)NCC1CCC1. The molecule has 8 heteroatoms. The van der Waals surface area contributed by atoms with Gasteiger partial charge in [-0.3, -0.25) is 0 Å². The normalized spacial score (nSPS) is 19.3. The molecule has 140 valence electrons. The second-order valence-corrected chi connectivity index (χ2v) is 8.57. The fourth-order valence-corrected chi connectivity index (χ4v) is 4.54. The number of nitrogens with zero attached hydrogens (tertiary/aromatic N) is 2. The molecule has 2 aliphatic rings. The molecule has 3 rings (SSSR count). The van der Waals surface area contributed by atoms with Gasteiger partial charge in [-0.25, -0.2) is 13.4 Å². The first-order chi connectivity index (χ1) is 11.6. The predicted octanol–water partition coefficient (Wildman–Crippen LogP) is 2.29. The van der Waals surface area contributed by atoms with Gasteiger partial charge in [0.15, 0.2) is 5.96 Å². The van der Waals surface area contributed by atoms with Crippen molar-refractivity contribution in [3.05, 3.63) is 29.8 Å². The van der Waals surface area contributed by atoms with E-state index in [9.17, 15) is 8.42 Å². The van der Waals surface area contributed by atoms with Crippen molar-refractivity contribution in [3.63, 3.8) is 0 Å². The van der Waals surface area contributed by atoms with Gasteiger partial charge in [-0.1, -0.05) is 18.6 Å². The topological polar surface area (TPSA) is 87.8 Å².